The summed E-state index contributed by atoms with van der Waals surface area (Å²) in [5.41, 5.74) is 2.87. The molecule has 1 aliphatic rings. The Morgan fingerprint density at radius 1 is 1.09 bits per heavy atom. The highest BCUT2D eigenvalue weighted by molar-refractivity contribution is 5.95. The Morgan fingerprint density at radius 3 is 2.61 bits per heavy atom. The number of carbonyl (C=O) groups is 1. The van der Waals surface area contributed by atoms with Crippen LogP contribution < -0.4 is 0 Å². The van der Waals surface area contributed by atoms with Crippen LogP contribution in [0.25, 0.3) is 11.1 Å². The van der Waals surface area contributed by atoms with Crippen LogP contribution in [0.3, 0.4) is 0 Å². The molecule has 2 heterocycles. The summed E-state index contributed by atoms with van der Waals surface area (Å²) in [6, 6.07) is 9.55. The molecule has 0 radical (unpaired) electrons. The normalized spacial score (nSPS) is 14.5. The lowest BCUT2D eigenvalue weighted by Gasteiger charge is -2.20. The summed E-state index contributed by atoms with van der Waals surface area (Å²) >= 11 is 0. The minimum atomic E-state index is -0.944. The van der Waals surface area contributed by atoms with Gasteiger partial charge in [-0.2, -0.15) is 5.10 Å². The number of aromatic nitrogens is 4. The van der Waals surface area contributed by atoms with Gasteiger partial charge in [-0.3, -0.25) is 4.98 Å². The Labute approximate surface area is 196 Å². The molecule has 3 aromatic rings. The second-order valence-electron chi connectivity index (χ2n) is 9.17. The fourth-order valence-electron chi connectivity index (χ4n) is 4.76. The van der Waals surface area contributed by atoms with Crippen LogP contribution in [0.1, 0.15) is 85.9 Å². The first-order valence-electron chi connectivity index (χ1n) is 12.3. The van der Waals surface area contributed by atoms with Crippen molar-refractivity contribution in [2.24, 2.45) is 5.92 Å². The summed E-state index contributed by atoms with van der Waals surface area (Å²) in [5, 5.41) is 14.3. The van der Waals surface area contributed by atoms with E-state index < -0.39 is 5.97 Å². The van der Waals surface area contributed by atoms with Gasteiger partial charge in [0, 0.05) is 30.8 Å². The molecule has 1 N–H and O–H groups in total. The molecule has 0 aliphatic heterocycles. The molecule has 2 aromatic heterocycles. The number of hydrogen-bond acceptors (Lipinski definition) is 4. The summed E-state index contributed by atoms with van der Waals surface area (Å²) in [4.78, 5) is 20.5. The Hall–Kier alpha value is -3.02. The molecular weight excluding hydrogens is 412 g/mol. The lowest BCUT2D eigenvalue weighted by molar-refractivity contribution is 0.0697. The summed E-state index contributed by atoms with van der Waals surface area (Å²) in [6.07, 6.45) is 15.3. The van der Waals surface area contributed by atoms with Gasteiger partial charge >= 0.3 is 5.97 Å². The van der Waals surface area contributed by atoms with E-state index in [0.29, 0.717) is 12.1 Å². The molecule has 1 aliphatic carbocycles. The van der Waals surface area contributed by atoms with Crippen molar-refractivity contribution in [1.82, 2.24) is 19.7 Å². The number of hydrogen-bond donors (Lipinski definition) is 1. The Balaban J connectivity index is 1.48. The van der Waals surface area contributed by atoms with E-state index >= 15 is 0 Å². The van der Waals surface area contributed by atoms with Crippen molar-refractivity contribution < 1.29 is 9.90 Å². The number of nitrogens with zero attached hydrogens (tertiary/aromatic N) is 4. The summed E-state index contributed by atoms with van der Waals surface area (Å²) < 4.78 is 2.06. The maximum atomic E-state index is 11.5. The van der Waals surface area contributed by atoms with Crippen molar-refractivity contribution in [3.8, 4) is 11.1 Å². The standard InChI is InChI=1S/C27H34N4O2/c1-2-3-9-26-29-25(15-12-20-7-5-4-6-8-20)30-31(26)19-21-10-13-22(14-11-21)24-18-28-17-16-23(24)27(32)33/h10-11,13-14,16-18,20H,2-9,12,15,19H2,1H3,(H,32,33). The lowest BCUT2D eigenvalue weighted by Crippen LogP contribution is -2.08. The molecule has 1 saturated carbocycles. The van der Waals surface area contributed by atoms with Gasteiger partial charge in [-0.1, -0.05) is 69.7 Å². The van der Waals surface area contributed by atoms with Gasteiger partial charge in [-0.15, -0.1) is 0 Å². The average Bonchev–Trinajstić information content (AvgIpc) is 3.24. The number of pyridine rings is 1. The van der Waals surface area contributed by atoms with Gasteiger partial charge < -0.3 is 5.11 Å². The Morgan fingerprint density at radius 2 is 1.88 bits per heavy atom. The molecule has 0 atom stereocenters. The van der Waals surface area contributed by atoms with E-state index in [1.165, 1.54) is 50.8 Å². The van der Waals surface area contributed by atoms with Gasteiger partial charge in [-0.05, 0) is 36.0 Å². The highest BCUT2D eigenvalue weighted by atomic mass is 16.4. The summed E-state index contributed by atoms with van der Waals surface area (Å²) in [6.45, 7) is 2.88. The highest BCUT2D eigenvalue weighted by Gasteiger charge is 2.16. The lowest BCUT2D eigenvalue weighted by atomic mass is 9.86. The predicted molar refractivity (Wildman–Crippen MR) is 129 cm³/mol. The third-order valence-corrected chi connectivity index (χ3v) is 6.70. The third kappa shape index (κ3) is 6.06. The molecule has 6 heteroatoms. The minimum absolute atomic E-state index is 0.262. The van der Waals surface area contributed by atoms with Crippen LogP contribution in [0.4, 0.5) is 0 Å². The molecule has 0 saturated heterocycles. The molecule has 6 nitrogen and oxygen atoms in total. The van der Waals surface area contributed by atoms with Crippen LogP contribution in [-0.4, -0.2) is 30.8 Å². The number of carboxylic acid groups (broad SMARTS) is 1. The number of rotatable bonds is 10. The van der Waals surface area contributed by atoms with E-state index in [1.807, 2.05) is 24.3 Å². The number of carboxylic acids is 1. The monoisotopic (exact) mass is 446 g/mol. The molecule has 1 aromatic carbocycles. The predicted octanol–water partition coefficient (Wildman–Crippen LogP) is 5.94. The average molecular weight is 447 g/mol. The van der Waals surface area contributed by atoms with Crippen molar-refractivity contribution >= 4 is 5.97 Å². The van der Waals surface area contributed by atoms with Crippen LogP contribution in [0.15, 0.2) is 42.7 Å². The number of aromatic carboxylic acids is 1. The van der Waals surface area contributed by atoms with E-state index in [2.05, 4.69) is 16.6 Å². The maximum Gasteiger partial charge on any atom is 0.336 e. The number of unbranched alkanes of at least 4 members (excludes halogenated alkanes) is 1. The van der Waals surface area contributed by atoms with Gasteiger partial charge in [0.15, 0.2) is 5.82 Å². The molecule has 1 fully saturated rings. The van der Waals surface area contributed by atoms with Crippen LogP contribution in [0, 0.1) is 5.92 Å². The van der Waals surface area contributed by atoms with E-state index in [9.17, 15) is 9.90 Å². The van der Waals surface area contributed by atoms with Gasteiger partial charge in [-0.25, -0.2) is 14.5 Å². The zero-order valence-electron chi connectivity index (χ0n) is 19.5. The zero-order chi connectivity index (χ0) is 23.0. The first-order chi connectivity index (χ1) is 16.1. The second-order valence-corrected chi connectivity index (χ2v) is 9.17. The zero-order valence-corrected chi connectivity index (χ0v) is 19.5. The molecule has 0 bridgehead atoms. The fraction of sp³-hybridized carbons (Fsp3) is 0.481. The van der Waals surface area contributed by atoms with E-state index in [1.54, 1.807) is 6.20 Å². The van der Waals surface area contributed by atoms with Crippen molar-refractivity contribution in [3.05, 3.63) is 65.5 Å². The van der Waals surface area contributed by atoms with E-state index in [-0.39, 0.29) is 5.56 Å². The van der Waals surface area contributed by atoms with Crippen molar-refractivity contribution in [3.63, 3.8) is 0 Å². The van der Waals surface area contributed by atoms with E-state index in [4.69, 9.17) is 10.1 Å². The molecule has 4 rings (SSSR count). The molecule has 174 valence electrons. The number of aryl methyl sites for hydroxylation is 2. The smallest absolute Gasteiger partial charge is 0.336 e. The van der Waals surface area contributed by atoms with Crippen molar-refractivity contribution in [2.75, 3.05) is 0 Å². The minimum Gasteiger partial charge on any atom is -0.478 e. The molecule has 0 unspecified atom stereocenters. The number of benzene rings is 1. The largest absolute Gasteiger partial charge is 0.478 e. The second kappa shape index (κ2) is 11.2. The topological polar surface area (TPSA) is 80.9 Å². The highest BCUT2D eigenvalue weighted by Crippen LogP contribution is 2.27. The van der Waals surface area contributed by atoms with Crippen LogP contribution in [0.5, 0.6) is 0 Å². The molecular formula is C27H34N4O2. The maximum absolute atomic E-state index is 11.5. The molecule has 33 heavy (non-hydrogen) atoms. The first-order valence-corrected chi connectivity index (χ1v) is 12.3. The van der Waals surface area contributed by atoms with Crippen LogP contribution in [0.2, 0.25) is 0 Å². The summed E-state index contributed by atoms with van der Waals surface area (Å²) in [7, 11) is 0. The quantitative estimate of drug-likeness (QED) is 0.417. The van der Waals surface area contributed by atoms with Gasteiger partial charge in [0.1, 0.15) is 5.82 Å². The summed E-state index contributed by atoms with van der Waals surface area (Å²) in [5.74, 6) is 1.94. The van der Waals surface area contributed by atoms with Gasteiger partial charge in [0.05, 0.1) is 12.1 Å². The Bertz CT molecular complexity index is 1050. The van der Waals surface area contributed by atoms with Gasteiger partial charge in [0.2, 0.25) is 0 Å². The van der Waals surface area contributed by atoms with Crippen molar-refractivity contribution in [1.29, 1.82) is 0 Å². The molecule has 0 amide bonds. The van der Waals surface area contributed by atoms with Crippen LogP contribution >= 0.6 is 0 Å². The fourth-order valence-corrected chi connectivity index (χ4v) is 4.76. The van der Waals surface area contributed by atoms with E-state index in [0.717, 1.165) is 54.4 Å². The van der Waals surface area contributed by atoms with Crippen LogP contribution in [-0.2, 0) is 19.4 Å². The third-order valence-electron chi connectivity index (χ3n) is 6.70. The van der Waals surface area contributed by atoms with Gasteiger partial charge in [0.25, 0.3) is 0 Å². The first kappa shape index (κ1) is 23.1. The Kier molecular flexibility index (Phi) is 7.87. The molecule has 0 spiro atoms. The van der Waals surface area contributed by atoms with Crippen molar-refractivity contribution in [2.45, 2.75) is 77.7 Å². The SMILES string of the molecule is CCCCc1nc(CCC2CCCCC2)nn1Cc1ccc(-c2cnccc2C(=O)O)cc1.